The second-order valence-corrected chi connectivity index (χ2v) is 10.3. The van der Waals surface area contributed by atoms with Gasteiger partial charge in [-0.15, -0.1) is 0 Å². The SMILES string of the molecule is C=CC(=O)Nc1cccc(-n2c(=O)c(-c3ccccc3)nc3cnc(Nc4ccc(N(C)CCN(C)C)cc4OC)nc32)c1. The summed E-state index contributed by atoms with van der Waals surface area (Å²) in [6.45, 7) is 5.27. The van der Waals surface area contributed by atoms with E-state index in [-0.39, 0.29) is 23.1 Å². The highest BCUT2D eigenvalue weighted by atomic mass is 16.5. The van der Waals surface area contributed by atoms with Crippen LogP contribution in [0.2, 0.25) is 0 Å². The number of carbonyl (C=O) groups is 1. The zero-order chi connectivity index (χ0) is 31.2. The summed E-state index contributed by atoms with van der Waals surface area (Å²) in [5.74, 6) is 0.503. The van der Waals surface area contributed by atoms with E-state index < -0.39 is 0 Å². The Labute approximate surface area is 255 Å². The van der Waals surface area contributed by atoms with Gasteiger partial charge in [-0.05, 0) is 50.5 Å². The molecule has 0 radical (unpaired) electrons. The second-order valence-electron chi connectivity index (χ2n) is 10.3. The van der Waals surface area contributed by atoms with Gasteiger partial charge < -0.3 is 25.2 Å². The van der Waals surface area contributed by atoms with Gasteiger partial charge >= 0.3 is 0 Å². The third-order valence-electron chi connectivity index (χ3n) is 6.96. The molecule has 0 aliphatic carbocycles. The van der Waals surface area contributed by atoms with Crippen molar-refractivity contribution in [3.05, 3.63) is 102 Å². The molecule has 0 aliphatic rings. The molecule has 11 heteroatoms. The van der Waals surface area contributed by atoms with Crippen LogP contribution in [0.1, 0.15) is 0 Å². The highest BCUT2D eigenvalue weighted by Gasteiger charge is 2.18. The summed E-state index contributed by atoms with van der Waals surface area (Å²) < 4.78 is 7.16. The van der Waals surface area contributed by atoms with Crippen molar-refractivity contribution in [1.29, 1.82) is 0 Å². The summed E-state index contributed by atoms with van der Waals surface area (Å²) in [5.41, 5.74) is 3.90. The molecule has 0 saturated carbocycles. The van der Waals surface area contributed by atoms with E-state index in [1.54, 1.807) is 37.6 Å². The van der Waals surface area contributed by atoms with Crippen molar-refractivity contribution in [1.82, 2.24) is 24.4 Å². The summed E-state index contributed by atoms with van der Waals surface area (Å²) in [5, 5.41) is 5.98. The summed E-state index contributed by atoms with van der Waals surface area (Å²) in [6.07, 6.45) is 2.76. The van der Waals surface area contributed by atoms with Crippen molar-refractivity contribution in [3.8, 4) is 22.7 Å². The van der Waals surface area contributed by atoms with Gasteiger partial charge in [0, 0.05) is 43.1 Å². The Morgan fingerprint density at radius 1 is 1.00 bits per heavy atom. The number of likely N-dealkylation sites (N-methyl/N-ethyl adjacent to an activating group) is 2. The number of ether oxygens (including phenoxy) is 1. The standard InChI is InChI=1S/C33H34N8O3/c1-6-29(42)35-23-13-10-14-25(19-23)41-31-27(36-30(32(41)43)22-11-8-7-9-12-22)21-34-33(38-31)37-26-16-15-24(20-28(26)44-5)40(4)18-17-39(2)3/h6-16,19-21H,1,17-18H2,2-5H3,(H,35,42)(H,34,37,38). The minimum Gasteiger partial charge on any atom is -0.494 e. The summed E-state index contributed by atoms with van der Waals surface area (Å²) in [7, 11) is 7.72. The van der Waals surface area contributed by atoms with E-state index in [1.807, 2.05) is 69.7 Å². The van der Waals surface area contributed by atoms with E-state index in [1.165, 1.54) is 10.6 Å². The van der Waals surface area contributed by atoms with Crippen LogP contribution in [0.3, 0.4) is 0 Å². The molecule has 11 nitrogen and oxygen atoms in total. The first-order valence-corrected chi connectivity index (χ1v) is 14.0. The van der Waals surface area contributed by atoms with Crippen LogP contribution < -0.4 is 25.8 Å². The molecule has 0 spiro atoms. The number of amides is 1. The quantitative estimate of drug-likeness (QED) is 0.211. The number of benzene rings is 3. The predicted octanol–water partition coefficient (Wildman–Crippen LogP) is 4.72. The van der Waals surface area contributed by atoms with Crippen molar-refractivity contribution in [2.45, 2.75) is 0 Å². The Bertz CT molecular complexity index is 1870. The van der Waals surface area contributed by atoms with Crippen LogP contribution in [0.25, 0.3) is 28.1 Å². The minimum atomic E-state index is -0.372. The molecule has 0 fully saturated rings. The second kappa shape index (κ2) is 13.2. The Hall–Kier alpha value is -5.55. The number of nitrogens with one attached hydrogen (secondary N) is 2. The summed E-state index contributed by atoms with van der Waals surface area (Å²) in [6, 6.07) is 22.0. The lowest BCUT2D eigenvalue weighted by Gasteiger charge is -2.23. The number of fused-ring (bicyclic) bond motifs is 1. The molecule has 0 aliphatic heterocycles. The van der Waals surface area contributed by atoms with Gasteiger partial charge in [0.2, 0.25) is 11.9 Å². The highest BCUT2D eigenvalue weighted by molar-refractivity contribution is 5.99. The number of nitrogens with zero attached hydrogens (tertiary/aromatic N) is 6. The lowest BCUT2D eigenvalue weighted by Crippen LogP contribution is -2.28. The largest absolute Gasteiger partial charge is 0.494 e. The van der Waals surface area contributed by atoms with Crippen LogP contribution in [-0.4, -0.2) is 71.7 Å². The molecule has 1 amide bonds. The smallest absolute Gasteiger partial charge is 0.283 e. The molecule has 44 heavy (non-hydrogen) atoms. The van der Waals surface area contributed by atoms with Gasteiger partial charge in [-0.1, -0.05) is 43.0 Å². The number of anilines is 4. The number of hydrogen-bond donors (Lipinski definition) is 2. The van der Waals surface area contributed by atoms with E-state index in [0.717, 1.165) is 18.8 Å². The fraction of sp³-hybridized carbons (Fsp3) is 0.182. The molecular formula is C33H34N8O3. The molecule has 5 rings (SSSR count). The first-order chi connectivity index (χ1) is 21.3. The Balaban J connectivity index is 1.59. The van der Waals surface area contributed by atoms with E-state index in [0.29, 0.717) is 39.5 Å². The molecule has 3 aromatic carbocycles. The van der Waals surface area contributed by atoms with Crippen LogP contribution in [0.5, 0.6) is 5.75 Å². The monoisotopic (exact) mass is 590 g/mol. The predicted molar refractivity (Wildman–Crippen MR) is 175 cm³/mol. The van der Waals surface area contributed by atoms with Crippen molar-refractivity contribution in [2.75, 3.05) is 56.9 Å². The Kier molecular flexibility index (Phi) is 8.96. The van der Waals surface area contributed by atoms with Crippen LogP contribution in [0.4, 0.5) is 23.0 Å². The van der Waals surface area contributed by atoms with Crippen molar-refractivity contribution >= 4 is 40.1 Å². The molecule has 0 unspecified atom stereocenters. The lowest BCUT2D eigenvalue weighted by atomic mass is 10.1. The van der Waals surface area contributed by atoms with Crippen molar-refractivity contribution < 1.29 is 9.53 Å². The van der Waals surface area contributed by atoms with Gasteiger partial charge in [0.1, 0.15) is 17.0 Å². The van der Waals surface area contributed by atoms with Gasteiger partial charge in [-0.2, -0.15) is 4.98 Å². The van der Waals surface area contributed by atoms with E-state index >= 15 is 0 Å². The minimum absolute atomic E-state index is 0.249. The van der Waals surface area contributed by atoms with Crippen LogP contribution >= 0.6 is 0 Å². The van der Waals surface area contributed by atoms with E-state index in [4.69, 9.17) is 9.72 Å². The van der Waals surface area contributed by atoms with Gasteiger partial charge in [0.15, 0.2) is 5.65 Å². The molecular weight excluding hydrogens is 556 g/mol. The first-order valence-electron chi connectivity index (χ1n) is 14.0. The molecule has 2 aromatic heterocycles. The van der Waals surface area contributed by atoms with E-state index in [2.05, 4.69) is 37.0 Å². The molecule has 2 heterocycles. The Morgan fingerprint density at radius 3 is 2.52 bits per heavy atom. The lowest BCUT2D eigenvalue weighted by molar-refractivity contribution is -0.111. The zero-order valence-electron chi connectivity index (χ0n) is 25.1. The van der Waals surface area contributed by atoms with Gasteiger partial charge in [0.25, 0.3) is 5.56 Å². The fourth-order valence-electron chi connectivity index (χ4n) is 4.60. The topological polar surface area (TPSA) is 118 Å². The molecule has 0 saturated heterocycles. The van der Waals surface area contributed by atoms with E-state index in [9.17, 15) is 9.59 Å². The third-order valence-corrected chi connectivity index (χ3v) is 6.96. The molecule has 0 bridgehead atoms. The van der Waals surface area contributed by atoms with Crippen LogP contribution in [-0.2, 0) is 4.79 Å². The number of methoxy groups -OCH3 is 1. The first kappa shape index (κ1) is 29.9. The van der Waals surface area contributed by atoms with Crippen molar-refractivity contribution in [2.24, 2.45) is 0 Å². The highest BCUT2D eigenvalue weighted by Crippen LogP contribution is 2.31. The van der Waals surface area contributed by atoms with Crippen LogP contribution in [0.15, 0.2) is 96.4 Å². The summed E-state index contributed by atoms with van der Waals surface area (Å²) >= 11 is 0. The number of aromatic nitrogens is 4. The number of hydrogen-bond acceptors (Lipinski definition) is 9. The molecule has 2 N–H and O–H groups in total. The number of carbonyl (C=O) groups excluding carboxylic acids is 1. The average Bonchev–Trinajstić information content (AvgIpc) is 3.04. The van der Waals surface area contributed by atoms with Gasteiger partial charge in [-0.25, -0.2) is 9.97 Å². The van der Waals surface area contributed by atoms with Gasteiger partial charge in [-0.3, -0.25) is 14.2 Å². The maximum atomic E-state index is 14.0. The molecule has 224 valence electrons. The third kappa shape index (κ3) is 6.58. The van der Waals surface area contributed by atoms with Crippen LogP contribution in [0, 0.1) is 0 Å². The normalized spacial score (nSPS) is 10.9. The Morgan fingerprint density at radius 2 is 1.80 bits per heavy atom. The molecule has 5 aromatic rings. The zero-order valence-corrected chi connectivity index (χ0v) is 25.1. The molecule has 0 atom stereocenters. The maximum Gasteiger partial charge on any atom is 0.283 e. The number of rotatable bonds is 11. The maximum absolute atomic E-state index is 14.0. The average molecular weight is 591 g/mol. The van der Waals surface area contributed by atoms with Gasteiger partial charge in [0.05, 0.1) is 24.7 Å². The van der Waals surface area contributed by atoms with Crippen molar-refractivity contribution in [3.63, 3.8) is 0 Å². The fourth-order valence-corrected chi connectivity index (χ4v) is 4.60. The summed E-state index contributed by atoms with van der Waals surface area (Å²) in [4.78, 5) is 44.2.